The van der Waals surface area contributed by atoms with Gasteiger partial charge in [0.1, 0.15) is 10.5 Å². The van der Waals surface area contributed by atoms with Gasteiger partial charge in [-0.25, -0.2) is 4.89 Å². The lowest BCUT2D eigenvalue weighted by atomic mass is 10.1. The number of benzene rings is 1. The lowest BCUT2D eigenvalue weighted by molar-refractivity contribution is -0.508. The quantitative estimate of drug-likeness (QED) is 0.349. The van der Waals surface area contributed by atoms with Gasteiger partial charge in [0.2, 0.25) is 0 Å². The lowest BCUT2D eigenvalue weighted by Crippen LogP contribution is -2.19. The van der Waals surface area contributed by atoms with Crippen molar-refractivity contribution in [2.24, 2.45) is 0 Å². The number of nitrogens with zero attached hydrogens (tertiary/aromatic N) is 2. The minimum absolute atomic E-state index is 0.00292. The maximum Gasteiger partial charge on any atom is 0.547 e. The summed E-state index contributed by atoms with van der Waals surface area (Å²) < 4.78 is 0. The van der Waals surface area contributed by atoms with Crippen LogP contribution in [0.5, 0.6) is 5.75 Å². The van der Waals surface area contributed by atoms with E-state index < -0.39 is 21.4 Å². The van der Waals surface area contributed by atoms with Crippen molar-refractivity contribution in [2.75, 3.05) is 5.73 Å². The molecule has 0 fully saturated rings. The van der Waals surface area contributed by atoms with E-state index >= 15 is 0 Å². The van der Waals surface area contributed by atoms with Gasteiger partial charge in [0.25, 0.3) is 0 Å². The van der Waals surface area contributed by atoms with Crippen LogP contribution in [0.1, 0.15) is 5.56 Å². The molecular weight excluding hydrogens is 234 g/mol. The van der Waals surface area contributed by atoms with Gasteiger partial charge in [0.15, 0.2) is 5.75 Å². The fourth-order valence-electron chi connectivity index (χ4n) is 1.39. The number of nitrogen functional groups attached to an aromatic ring is 1. The molecule has 1 aromatic carbocycles. The van der Waals surface area contributed by atoms with Crippen LogP contribution in [0.4, 0.5) is 5.69 Å². The van der Waals surface area contributed by atoms with Crippen molar-refractivity contribution >= 4 is 11.4 Å². The second kappa shape index (κ2) is 3.63. The Bertz CT molecular complexity index is 552. The van der Waals surface area contributed by atoms with Gasteiger partial charge in [-0.2, -0.15) is 0 Å². The van der Waals surface area contributed by atoms with Crippen LogP contribution in [-0.2, 0) is 4.89 Å². The highest BCUT2D eigenvalue weighted by atomic mass is 17.2. The first-order valence-electron chi connectivity index (χ1n) is 4.29. The van der Waals surface area contributed by atoms with Crippen LogP contribution in [-0.4, -0.2) is 9.85 Å². The zero-order valence-electron chi connectivity index (χ0n) is 8.15. The molecule has 1 heterocycles. The summed E-state index contributed by atoms with van der Waals surface area (Å²) in [7, 11) is 0. The summed E-state index contributed by atoms with van der Waals surface area (Å²) in [5.41, 5.74) is 4.55. The first-order chi connectivity index (χ1) is 8.02. The summed E-state index contributed by atoms with van der Waals surface area (Å²) in [5, 5.41) is 21.4. The van der Waals surface area contributed by atoms with E-state index in [1.807, 2.05) is 0 Å². The van der Waals surface area contributed by atoms with Crippen LogP contribution in [0, 0.1) is 20.2 Å². The standard InChI is InChI=1S/C8H5N3O6/c9-4-2-1-3-5-6(4)7(10(12)13)8(11(14)15)17-16-5/h1-3H,9H2. The second-order valence-corrected chi connectivity index (χ2v) is 3.06. The molecule has 0 amide bonds. The van der Waals surface area contributed by atoms with Crippen LogP contribution < -0.4 is 10.6 Å². The molecule has 0 unspecified atom stereocenters. The summed E-state index contributed by atoms with van der Waals surface area (Å²) in [5.74, 6) is -1.14. The maximum atomic E-state index is 10.8. The van der Waals surface area contributed by atoms with E-state index in [2.05, 4.69) is 9.78 Å². The van der Waals surface area contributed by atoms with Crippen molar-refractivity contribution in [2.45, 2.75) is 0 Å². The Morgan fingerprint density at radius 1 is 1.12 bits per heavy atom. The molecule has 0 radical (unpaired) electrons. The maximum absolute atomic E-state index is 10.8. The van der Waals surface area contributed by atoms with Gasteiger partial charge in [0.05, 0.1) is 10.6 Å². The average molecular weight is 239 g/mol. The van der Waals surface area contributed by atoms with E-state index in [1.165, 1.54) is 18.2 Å². The normalized spacial score (nSPS) is 13.4. The van der Waals surface area contributed by atoms with Gasteiger partial charge >= 0.3 is 11.6 Å². The van der Waals surface area contributed by atoms with Crippen LogP contribution >= 0.6 is 0 Å². The summed E-state index contributed by atoms with van der Waals surface area (Å²) >= 11 is 0. The molecule has 1 aliphatic rings. The van der Waals surface area contributed by atoms with E-state index in [-0.39, 0.29) is 17.0 Å². The molecule has 9 nitrogen and oxygen atoms in total. The molecule has 9 heteroatoms. The predicted octanol–water partition coefficient (Wildman–Crippen LogP) is 0.772. The monoisotopic (exact) mass is 239 g/mol. The SMILES string of the molecule is Nc1cccc2c1C([N+](=O)[O-])=C([N+](=O)[O-])OO2. The molecule has 2 N–H and O–H groups in total. The number of anilines is 1. The fraction of sp³-hybridized carbons (Fsp3) is 0. The van der Waals surface area contributed by atoms with Gasteiger partial charge in [-0.3, -0.25) is 25.1 Å². The topological polar surface area (TPSA) is 131 Å². The highest BCUT2D eigenvalue weighted by Crippen LogP contribution is 2.37. The predicted molar refractivity (Wildman–Crippen MR) is 53.5 cm³/mol. The number of rotatable bonds is 2. The number of nitrogens with two attached hydrogens (primary N) is 1. The van der Waals surface area contributed by atoms with E-state index in [0.29, 0.717) is 0 Å². The van der Waals surface area contributed by atoms with E-state index in [4.69, 9.17) is 5.73 Å². The summed E-state index contributed by atoms with van der Waals surface area (Å²) in [4.78, 5) is 28.3. The molecule has 0 aromatic heterocycles. The van der Waals surface area contributed by atoms with Gasteiger partial charge in [-0.05, 0) is 12.1 Å². The Hall–Kier alpha value is -2.84. The number of hydrogen-bond acceptors (Lipinski definition) is 7. The van der Waals surface area contributed by atoms with Gasteiger partial charge in [0, 0.05) is 0 Å². The van der Waals surface area contributed by atoms with Gasteiger partial charge in [-0.1, -0.05) is 6.07 Å². The molecule has 0 bridgehead atoms. The Morgan fingerprint density at radius 3 is 2.41 bits per heavy atom. The molecule has 17 heavy (non-hydrogen) atoms. The summed E-state index contributed by atoms with van der Waals surface area (Å²) in [6, 6.07) is 4.20. The highest BCUT2D eigenvalue weighted by Gasteiger charge is 2.42. The van der Waals surface area contributed by atoms with Crippen molar-refractivity contribution in [1.29, 1.82) is 0 Å². The van der Waals surface area contributed by atoms with Crippen molar-refractivity contribution < 1.29 is 19.6 Å². The Labute approximate surface area is 93.3 Å². The first-order valence-corrected chi connectivity index (χ1v) is 4.29. The molecule has 0 saturated carbocycles. The van der Waals surface area contributed by atoms with Crippen molar-refractivity contribution in [3.63, 3.8) is 0 Å². The smallest absolute Gasteiger partial charge is 0.398 e. The van der Waals surface area contributed by atoms with E-state index in [1.54, 1.807) is 0 Å². The molecule has 0 aliphatic carbocycles. The summed E-state index contributed by atoms with van der Waals surface area (Å²) in [6.07, 6.45) is 0. The zero-order valence-corrected chi connectivity index (χ0v) is 8.15. The highest BCUT2D eigenvalue weighted by molar-refractivity contribution is 5.76. The molecule has 2 rings (SSSR count). The molecule has 0 spiro atoms. The third-order valence-electron chi connectivity index (χ3n) is 2.06. The molecule has 1 aliphatic heterocycles. The largest absolute Gasteiger partial charge is 0.547 e. The third-order valence-corrected chi connectivity index (χ3v) is 2.06. The van der Waals surface area contributed by atoms with Gasteiger partial charge in [-0.15, -0.1) is 0 Å². The lowest BCUT2D eigenvalue weighted by Gasteiger charge is -2.13. The molecule has 0 saturated heterocycles. The fourth-order valence-corrected chi connectivity index (χ4v) is 1.39. The zero-order chi connectivity index (χ0) is 12.6. The minimum atomic E-state index is -1.10. The molecular formula is C8H5N3O6. The number of nitro groups is 2. The molecule has 1 aromatic rings. The van der Waals surface area contributed by atoms with E-state index in [0.717, 1.165) is 0 Å². The van der Waals surface area contributed by atoms with Crippen LogP contribution in [0.3, 0.4) is 0 Å². The Balaban J connectivity index is 2.75. The van der Waals surface area contributed by atoms with Crippen LogP contribution in [0.15, 0.2) is 24.1 Å². The average Bonchev–Trinajstić information content (AvgIpc) is 2.27. The van der Waals surface area contributed by atoms with Crippen LogP contribution in [0.2, 0.25) is 0 Å². The first kappa shape index (κ1) is 10.7. The van der Waals surface area contributed by atoms with Crippen LogP contribution in [0.25, 0.3) is 5.70 Å². The van der Waals surface area contributed by atoms with E-state index in [9.17, 15) is 20.2 Å². The molecule has 0 atom stereocenters. The van der Waals surface area contributed by atoms with Crippen molar-refractivity contribution in [1.82, 2.24) is 0 Å². The minimum Gasteiger partial charge on any atom is -0.398 e. The number of hydrogen-bond donors (Lipinski definition) is 1. The Morgan fingerprint density at radius 2 is 1.82 bits per heavy atom. The van der Waals surface area contributed by atoms with Crippen molar-refractivity contribution in [3.05, 3.63) is 49.9 Å². The van der Waals surface area contributed by atoms with Crippen molar-refractivity contribution in [3.8, 4) is 5.75 Å². The summed E-state index contributed by atoms with van der Waals surface area (Å²) in [6.45, 7) is 0. The third kappa shape index (κ3) is 1.58. The Kier molecular flexibility index (Phi) is 2.28. The van der Waals surface area contributed by atoms with Gasteiger partial charge < -0.3 is 5.73 Å². The second-order valence-electron chi connectivity index (χ2n) is 3.06. The number of fused-ring (bicyclic) bond motifs is 1. The molecule has 88 valence electrons.